The third kappa shape index (κ3) is 8.28. The first-order chi connectivity index (χ1) is 22.9. The first kappa shape index (κ1) is 31.6. The van der Waals surface area contributed by atoms with Gasteiger partial charge in [-0.2, -0.15) is 0 Å². The number of amides is 3. The number of carbonyl (C=O) groups is 3. The average Bonchev–Trinajstić information content (AvgIpc) is 3.72. The van der Waals surface area contributed by atoms with E-state index in [-0.39, 0.29) is 32.1 Å². The van der Waals surface area contributed by atoms with Crippen LogP contribution in [0.15, 0.2) is 109 Å². The van der Waals surface area contributed by atoms with Crippen LogP contribution in [0, 0.1) is 0 Å². The fourth-order valence-electron chi connectivity index (χ4n) is 5.91. The van der Waals surface area contributed by atoms with Gasteiger partial charge in [0.15, 0.2) is 17.6 Å². The zero-order valence-electron chi connectivity index (χ0n) is 25.8. The van der Waals surface area contributed by atoms with Gasteiger partial charge in [-0.25, -0.2) is 4.79 Å². The lowest BCUT2D eigenvalue weighted by atomic mass is 9.93. The highest BCUT2D eigenvalue weighted by molar-refractivity contribution is 5.95. The van der Waals surface area contributed by atoms with E-state index in [4.69, 9.17) is 14.2 Å². The fraction of sp³-hybridized carbons (Fsp3) is 0.270. The van der Waals surface area contributed by atoms with E-state index < -0.39 is 36.3 Å². The second kappa shape index (κ2) is 14.8. The number of nitrogens with zero attached hydrogens (tertiary/aromatic N) is 1. The number of aliphatic hydroxyl groups is 1. The molecule has 2 aliphatic heterocycles. The van der Waals surface area contributed by atoms with E-state index in [2.05, 4.69) is 10.6 Å². The lowest BCUT2D eigenvalue weighted by molar-refractivity contribution is -0.129. The van der Waals surface area contributed by atoms with E-state index in [9.17, 15) is 19.5 Å². The summed E-state index contributed by atoms with van der Waals surface area (Å²) in [6.45, 7) is 0.216. The van der Waals surface area contributed by atoms with Gasteiger partial charge in [0.25, 0.3) is 5.91 Å². The van der Waals surface area contributed by atoms with E-state index in [1.54, 1.807) is 24.3 Å². The molecule has 6 rings (SSSR count). The minimum absolute atomic E-state index is 0.0713. The molecule has 3 amide bonds. The van der Waals surface area contributed by atoms with E-state index in [1.165, 1.54) is 4.90 Å². The smallest absolute Gasteiger partial charge is 0.415 e. The maximum Gasteiger partial charge on any atom is 0.415 e. The summed E-state index contributed by atoms with van der Waals surface area (Å²) < 4.78 is 16.3. The van der Waals surface area contributed by atoms with E-state index in [0.29, 0.717) is 30.0 Å². The Kier molecular flexibility index (Phi) is 9.98. The SMILES string of the molecule is O=C(Cc1ccc2c(c1)OCO2)NC(Cc1ccccc1)[C@@H](O)CC(Cc1ccccc1)NC(=O)C1CN(c2ccccc2)C(=O)O1. The molecule has 0 radical (unpaired) electrons. The number of rotatable bonds is 13. The van der Waals surface area contributed by atoms with Crippen LogP contribution in [0.1, 0.15) is 23.1 Å². The van der Waals surface area contributed by atoms with Crippen molar-refractivity contribution in [1.82, 2.24) is 10.6 Å². The number of hydrogen-bond acceptors (Lipinski definition) is 7. The number of aliphatic hydroxyl groups excluding tert-OH is 1. The Morgan fingerprint density at radius 2 is 1.43 bits per heavy atom. The Hall–Kier alpha value is -5.35. The molecule has 0 bridgehead atoms. The van der Waals surface area contributed by atoms with Gasteiger partial charge in [0.05, 0.1) is 25.1 Å². The Bertz CT molecular complexity index is 1670. The van der Waals surface area contributed by atoms with Gasteiger partial charge in [-0.3, -0.25) is 14.5 Å². The van der Waals surface area contributed by atoms with Gasteiger partial charge >= 0.3 is 6.09 Å². The molecule has 3 unspecified atom stereocenters. The van der Waals surface area contributed by atoms with Crippen LogP contribution in [-0.4, -0.2) is 60.6 Å². The summed E-state index contributed by atoms with van der Waals surface area (Å²) in [5.41, 5.74) is 3.31. The number of benzene rings is 4. The summed E-state index contributed by atoms with van der Waals surface area (Å²) in [5, 5.41) is 17.7. The standard InChI is InChI=1S/C37H37N3O7/c41-31(30(19-26-12-6-2-7-13-26)39-35(42)21-27-16-17-32-33(20-27)46-24-45-32)22-28(18-25-10-4-1-5-11-25)38-36(43)34-23-40(37(44)47-34)29-14-8-3-9-15-29/h1-17,20,28,30-31,34,41H,18-19,21-24H2,(H,38,43)(H,39,42)/t28?,30?,31-,34?/m0/s1. The lowest BCUT2D eigenvalue weighted by Gasteiger charge is -2.29. The van der Waals surface area contributed by atoms with Crippen molar-refractivity contribution in [3.05, 3.63) is 126 Å². The number of cyclic esters (lactones) is 1. The summed E-state index contributed by atoms with van der Waals surface area (Å²) in [6, 6.07) is 32.5. The summed E-state index contributed by atoms with van der Waals surface area (Å²) in [5.74, 6) is 0.524. The number of anilines is 1. The molecule has 1 saturated heterocycles. The average molecular weight is 636 g/mol. The van der Waals surface area contributed by atoms with Crippen LogP contribution in [-0.2, 0) is 33.6 Å². The zero-order valence-corrected chi connectivity index (χ0v) is 25.8. The van der Waals surface area contributed by atoms with Crippen LogP contribution in [0.5, 0.6) is 11.5 Å². The van der Waals surface area contributed by atoms with Gasteiger partial charge in [0.1, 0.15) is 0 Å². The van der Waals surface area contributed by atoms with Crippen molar-refractivity contribution in [3.8, 4) is 11.5 Å². The number of nitrogens with one attached hydrogen (secondary N) is 2. The maximum atomic E-state index is 13.5. The predicted octanol–water partition coefficient (Wildman–Crippen LogP) is 4.19. The molecular formula is C37H37N3O7. The molecule has 47 heavy (non-hydrogen) atoms. The molecule has 0 aromatic heterocycles. The number of carbonyl (C=O) groups excluding carboxylic acids is 3. The quantitative estimate of drug-likeness (QED) is 0.201. The number of fused-ring (bicyclic) bond motifs is 1. The predicted molar refractivity (Wildman–Crippen MR) is 175 cm³/mol. The van der Waals surface area contributed by atoms with Gasteiger partial charge in [-0.15, -0.1) is 0 Å². The van der Waals surface area contributed by atoms with Gasteiger partial charge < -0.3 is 30.0 Å². The van der Waals surface area contributed by atoms with Crippen LogP contribution < -0.4 is 25.0 Å². The van der Waals surface area contributed by atoms with Crippen LogP contribution in [0.3, 0.4) is 0 Å². The third-order valence-electron chi connectivity index (χ3n) is 8.28. The van der Waals surface area contributed by atoms with Gasteiger partial charge in [0.2, 0.25) is 12.7 Å². The Labute approximate surface area is 273 Å². The van der Waals surface area contributed by atoms with Crippen molar-refractivity contribution in [2.75, 3.05) is 18.2 Å². The monoisotopic (exact) mass is 635 g/mol. The van der Waals surface area contributed by atoms with Gasteiger partial charge in [0, 0.05) is 11.7 Å². The van der Waals surface area contributed by atoms with Crippen LogP contribution in [0.4, 0.5) is 10.5 Å². The second-order valence-electron chi connectivity index (χ2n) is 11.7. The zero-order chi connectivity index (χ0) is 32.6. The molecule has 2 aliphatic rings. The molecule has 0 spiro atoms. The molecular weight excluding hydrogens is 598 g/mol. The van der Waals surface area contributed by atoms with E-state index >= 15 is 0 Å². The summed E-state index contributed by atoms with van der Waals surface area (Å²) in [4.78, 5) is 40.8. The van der Waals surface area contributed by atoms with Crippen LogP contribution in [0.2, 0.25) is 0 Å². The van der Waals surface area contributed by atoms with Gasteiger partial charge in [-0.1, -0.05) is 84.9 Å². The minimum atomic E-state index is -1.02. The lowest BCUT2D eigenvalue weighted by Crippen LogP contribution is -2.50. The summed E-state index contributed by atoms with van der Waals surface area (Å²) in [6.07, 6.45) is -1.58. The highest BCUT2D eigenvalue weighted by atomic mass is 16.7. The molecule has 1 fully saturated rings. The molecule has 3 N–H and O–H groups in total. The fourth-order valence-corrected chi connectivity index (χ4v) is 5.91. The molecule has 242 valence electrons. The summed E-state index contributed by atoms with van der Waals surface area (Å²) >= 11 is 0. The Morgan fingerprint density at radius 1 is 0.787 bits per heavy atom. The van der Waals surface area contributed by atoms with Crippen molar-refractivity contribution in [1.29, 1.82) is 0 Å². The van der Waals surface area contributed by atoms with Gasteiger partial charge in [-0.05, 0) is 60.2 Å². The van der Waals surface area contributed by atoms with E-state index in [1.807, 2.05) is 84.9 Å². The first-order valence-corrected chi connectivity index (χ1v) is 15.7. The normalized spacial score (nSPS) is 17.0. The minimum Gasteiger partial charge on any atom is -0.454 e. The van der Waals surface area contributed by atoms with Crippen LogP contribution in [0.25, 0.3) is 0 Å². The number of para-hydroxylation sites is 1. The second-order valence-corrected chi connectivity index (χ2v) is 11.7. The van der Waals surface area contributed by atoms with E-state index in [0.717, 1.165) is 16.7 Å². The molecule has 2 heterocycles. The molecule has 0 saturated carbocycles. The maximum absolute atomic E-state index is 13.5. The Balaban J connectivity index is 1.16. The third-order valence-corrected chi connectivity index (χ3v) is 8.28. The molecule has 10 nitrogen and oxygen atoms in total. The molecule has 4 atom stereocenters. The van der Waals surface area contributed by atoms with Crippen LogP contribution >= 0.6 is 0 Å². The molecule has 4 aromatic rings. The highest BCUT2D eigenvalue weighted by Crippen LogP contribution is 2.32. The molecule has 4 aromatic carbocycles. The number of ether oxygens (including phenoxy) is 3. The van der Waals surface area contributed by atoms with Crippen molar-refractivity contribution >= 4 is 23.6 Å². The van der Waals surface area contributed by atoms with Crippen molar-refractivity contribution in [2.24, 2.45) is 0 Å². The molecule has 10 heteroatoms. The molecule has 0 aliphatic carbocycles. The highest BCUT2D eigenvalue weighted by Gasteiger charge is 2.38. The van der Waals surface area contributed by atoms with Crippen molar-refractivity contribution in [2.45, 2.75) is 50.0 Å². The largest absolute Gasteiger partial charge is 0.454 e. The van der Waals surface area contributed by atoms with Crippen molar-refractivity contribution < 1.29 is 33.7 Å². The first-order valence-electron chi connectivity index (χ1n) is 15.7. The summed E-state index contributed by atoms with van der Waals surface area (Å²) in [7, 11) is 0. The number of hydrogen-bond donors (Lipinski definition) is 3. The van der Waals surface area contributed by atoms with Crippen molar-refractivity contribution in [3.63, 3.8) is 0 Å². The Morgan fingerprint density at radius 3 is 2.13 bits per heavy atom. The topological polar surface area (TPSA) is 126 Å².